The molecule has 4 rings (SSSR count). The van der Waals surface area contributed by atoms with E-state index in [4.69, 9.17) is 4.74 Å². The lowest BCUT2D eigenvalue weighted by Gasteiger charge is -2.32. The molecule has 1 saturated heterocycles. The van der Waals surface area contributed by atoms with Crippen LogP contribution >= 0.6 is 0 Å². The van der Waals surface area contributed by atoms with Gasteiger partial charge in [0, 0.05) is 12.5 Å². The molecule has 0 spiro atoms. The number of ether oxygens (including phenoxy) is 2. The first kappa shape index (κ1) is 24.9. The number of benzene rings is 3. The van der Waals surface area contributed by atoms with Gasteiger partial charge in [-0.1, -0.05) is 60.7 Å². The number of aliphatic hydroxyl groups excluding tert-OH is 1. The lowest BCUT2D eigenvalue weighted by Crippen LogP contribution is -2.40. The van der Waals surface area contributed by atoms with E-state index in [-0.39, 0.29) is 18.3 Å². The second kappa shape index (κ2) is 11.9. The highest BCUT2D eigenvalue weighted by Gasteiger charge is 2.27. The molecule has 2 unspecified atom stereocenters. The number of carbonyl (C=O) groups is 1. The molecule has 1 heterocycles. The highest BCUT2D eigenvalue weighted by molar-refractivity contribution is 5.82. The molecular formula is C28H35NO4. The summed E-state index contributed by atoms with van der Waals surface area (Å²) in [7, 11) is 0. The second-order valence-corrected chi connectivity index (χ2v) is 9.36. The average molecular weight is 450 g/mol. The summed E-state index contributed by atoms with van der Waals surface area (Å²) in [6.07, 6.45) is 1.23. The van der Waals surface area contributed by atoms with Gasteiger partial charge in [0.25, 0.3) is 6.47 Å². The molecule has 3 aromatic rings. The molecule has 1 fully saturated rings. The van der Waals surface area contributed by atoms with Crippen LogP contribution in [0.2, 0.25) is 0 Å². The van der Waals surface area contributed by atoms with Crippen LogP contribution in [0.5, 0.6) is 0 Å². The fourth-order valence-electron chi connectivity index (χ4n) is 3.93. The summed E-state index contributed by atoms with van der Waals surface area (Å²) >= 11 is 0. The first-order valence-electron chi connectivity index (χ1n) is 11.5. The summed E-state index contributed by atoms with van der Waals surface area (Å²) in [4.78, 5) is 9.60. The zero-order valence-electron chi connectivity index (χ0n) is 19.8. The van der Waals surface area contributed by atoms with E-state index >= 15 is 0 Å². The minimum Gasteiger partial charge on any atom is -0.462 e. The van der Waals surface area contributed by atoms with Crippen molar-refractivity contribution in [3.63, 3.8) is 0 Å². The van der Waals surface area contributed by atoms with Crippen LogP contribution in [0.1, 0.15) is 49.8 Å². The van der Waals surface area contributed by atoms with Crippen molar-refractivity contribution in [2.45, 2.75) is 58.0 Å². The van der Waals surface area contributed by atoms with E-state index in [2.05, 4.69) is 64.7 Å². The molecule has 0 aliphatic carbocycles. The molecule has 2 atom stereocenters. The van der Waals surface area contributed by atoms with Crippen molar-refractivity contribution in [1.82, 2.24) is 5.32 Å². The molecule has 33 heavy (non-hydrogen) atoms. The van der Waals surface area contributed by atoms with E-state index in [1.54, 1.807) is 0 Å². The smallest absolute Gasteiger partial charge is 0.293 e. The molecule has 0 saturated carbocycles. The van der Waals surface area contributed by atoms with Crippen LogP contribution in [0, 0.1) is 0 Å². The molecule has 0 bridgehead atoms. The summed E-state index contributed by atoms with van der Waals surface area (Å²) in [5.41, 5.74) is 3.15. The Morgan fingerprint density at radius 2 is 1.70 bits per heavy atom. The number of nitrogens with one attached hydrogen (secondary N) is 1. The Labute approximate surface area is 196 Å². The van der Waals surface area contributed by atoms with Crippen LogP contribution in [0.15, 0.2) is 66.7 Å². The molecule has 3 aromatic carbocycles. The maximum absolute atomic E-state index is 9.60. The first-order chi connectivity index (χ1) is 15.9. The van der Waals surface area contributed by atoms with Crippen molar-refractivity contribution >= 4 is 17.2 Å². The van der Waals surface area contributed by atoms with Crippen LogP contribution < -0.4 is 5.32 Å². The predicted molar refractivity (Wildman–Crippen MR) is 132 cm³/mol. The fraction of sp³-hybridized carbons (Fsp3) is 0.393. The van der Waals surface area contributed by atoms with Crippen LogP contribution in [-0.2, 0) is 27.5 Å². The minimum absolute atomic E-state index is 0.0917. The Morgan fingerprint density at radius 3 is 2.33 bits per heavy atom. The van der Waals surface area contributed by atoms with Gasteiger partial charge in [-0.3, -0.25) is 4.79 Å². The maximum atomic E-state index is 9.60. The zero-order chi connectivity index (χ0) is 23.7. The highest BCUT2D eigenvalue weighted by Crippen LogP contribution is 2.29. The van der Waals surface area contributed by atoms with Gasteiger partial charge >= 0.3 is 0 Å². The molecule has 5 nitrogen and oxygen atoms in total. The van der Waals surface area contributed by atoms with Gasteiger partial charge in [-0.2, -0.15) is 0 Å². The van der Waals surface area contributed by atoms with Crippen molar-refractivity contribution in [2.24, 2.45) is 0 Å². The van der Waals surface area contributed by atoms with Crippen LogP contribution in [0.25, 0.3) is 10.8 Å². The monoisotopic (exact) mass is 449 g/mol. The van der Waals surface area contributed by atoms with Crippen LogP contribution in [0.4, 0.5) is 0 Å². The lowest BCUT2D eigenvalue weighted by molar-refractivity contribution is -0.138. The molecule has 0 aromatic heterocycles. The van der Waals surface area contributed by atoms with Crippen molar-refractivity contribution in [1.29, 1.82) is 0 Å². The normalized spacial score (nSPS) is 18.3. The number of rotatable bonds is 6. The Hall–Kier alpha value is -2.73. The third-order valence-electron chi connectivity index (χ3n) is 5.70. The average Bonchev–Trinajstić information content (AvgIpc) is 2.82. The van der Waals surface area contributed by atoms with Gasteiger partial charge in [0.1, 0.15) is 5.60 Å². The van der Waals surface area contributed by atoms with Crippen LogP contribution in [0.3, 0.4) is 0 Å². The Kier molecular flexibility index (Phi) is 9.01. The summed E-state index contributed by atoms with van der Waals surface area (Å²) in [6, 6.07) is 23.3. The zero-order valence-corrected chi connectivity index (χ0v) is 19.8. The van der Waals surface area contributed by atoms with Gasteiger partial charge < -0.3 is 19.9 Å². The molecule has 0 amide bonds. The minimum atomic E-state index is -0.318. The Morgan fingerprint density at radius 1 is 1.00 bits per heavy atom. The van der Waals surface area contributed by atoms with E-state index in [1.807, 2.05) is 32.9 Å². The molecule has 176 valence electrons. The highest BCUT2D eigenvalue weighted by atomic mass is 16.5. The summed E-state index contributed by atoms with van der Waals surface area (Å²) in [6.45, 7) is 8.53. The fourth-order valence-corrected chi connectivity index (χ4v) is 3.93. The number of hydrogen-bond acceptors (Lipinski definition) is 5. The van der Waals surface area contributed by atoms with Crippen molar-refractivity contribution in [3.8, 4) is 0 Å². The van der Waals surface area contributed by atoms with Gasteiger partial charge in [0.05, 0.1) is 19.3 Å². The van der Waals surface area contributed by atoms with E-state index in [0.717, 1.165) is 25.1 Å². The summed E-state index contributed by atoms with van der Waals surface area (Å²) < 4.78 is 10.9. The van der Waals surface area contributed by atoms with E-state index < -0.39 is 0 Å². The number of carbonyl (C=O) groups excluding carboxylic acids is 1. The molecule has 1 aliphatic heterocycles. The van der Waals surface area contributed by atoms with Gasteiger partial charge in [-0.15, -0.1) is 0 Å². The van der Waals surface area contributed by atoms with Gasteiger partial charge in [0.15, 0.2) is 0 Å². The van der Waals surface area contributed by atoms with Crippen LogP contribution in [-0.4, -0.2) is 36.4 Å². The maximum Gasteiger partial charge on any atom is 0.293 e. The molecule has 0 radical (unpaired) electrons. The molecule has 1 aliphatic rings. The molecular weight excluding hydrogens is 414 g/mol. The topological polar surface area (TPSA) is 67.8 Å². The Balaban J connectivity index is 0.000000383. The predicted octanol–water partition coefficient (Wildman–Crippen LogP) is 4.95. The second-order valence-electron chi connectivity index (χ2n) is 9.36. The lowest BCUT2D eigenvalue weighted by atomic mass is 9.87. The standard InChI is InChI=1S/C23H25NO2.C5H10O2/c25-15-17-5-9-20(10-6-17)22-11-12-24-14-23(22)26-16-18-7-8-19-3-1-2-4-21(19)13-18;1-5(2,3)7-4-6/h1-10,13,22-25H,11-12,14-16H2;4H,1-3H3. The van der Waals surface area contributed by atoms with Gasteiger partial charge in [0.2, 0.25) is 0 Å². The molecule has 5 heteroatoms. The summed E-state index contributed by atoms with van der Waals surface area (Å²) in [5.74, 6) is 0.393. The van der Waals surface area contributed by atoms with Crippen molar-refractivity contribution < 1.29 is 19.4 Å². The van der Waals surface area contributed by atoms with Crippen molar-refractivity contribution in [2.75, 3.05) is 13.1 Å². The summed E-state index contributed by atoms with van der Waals surface area (Å²) in [5, 5.41) is 15.2. The first-order valence-corrected chi connectivity index (χ1v) is 11.5. The van der Waals surface area contributed by atoms with E-state index in [9.17, 15) is 9.90 Å². The third kappa shape index (κ3) is 7.67. The van der Waals surface area contributed by atoms with E-state index in [1.165, 1.54) is 21.9 Å². The van der Waals surface area contributed by atoms with Gasteiger partial charge in [-0.25, -0.2) is 0 Å². The van der Waals surface area contributed by atoms with Gasteiger partial charge in [-0.05, 0) is 67.3 Å². The molecule has 2 N–H and O–H groups in total. The largest absolute Gasteiger partial charge is 0.462 e. The quantitative estimate of drug-likeness (QED) is 0.521. The van der Waals surface area contributed by atoms with E-state index in [0.29, 0.717) is 19.0 Å². The Bertz CT molecular complexity index is 1010. The third-order valence-corrected chi connectivity index (χ3v) is 5.70. The van der Waals surface area contributed by atoms with Crippen molar-refractivity contribution in [3.05, 3.63) is 83.4 Å². The number of aliphatic hydroxyl groups is 1. The number of piperidine rings is 1. The SMILES string of the molecule is CC(C)(C)OC=O.OCc1ccc(C2CCNCC2OCc2ccc3ccccc3c2)cc1. The number of fused-ring (bicyclic) bond motifs is 1. The number of hydrogen-bond donors (Lipinski definition) is 2.